The number of aromatic nitrogens is 2. The van der Waals surface area contributed by atoms with E-state index in [1.54, 1.807) is 0 Å². The van der Waals surface area contributed by atoms with Gasteiger partial charge in [-0.1, -0.05) is 0 Å². The Kier molecular flexibility index (Phi) is 4.22. The van der Waals surface area contributed by atoms with Crippen LogP contribution in [0, 0.1) is 11.0 Å². The molecule has 80 valence electrons. The summed E-state index contributed by atoms with van der Waals surface area (Å²) in [6, 6.07) is 0. The van der Waals surface area contributed by atoms with E-state index in [1.165, 1.54) is 0 Å². The van der Waals surface area contributed by atoms with Crippen molar-refractivity contribution in [2.75, 3.05) is 0 Å². The molecule has 11 heteroatoms. The van der Waals surface area contributed by atoms with Crippen molar-refractivity contribution in [2.24, 2.45) is 0 Å². The first kappa shape index (κ1) is 12.3. The van der Waals surface area contributed by atoms with E-state index >= 15 is 0 Å². The molecule has 1 rings (SSSR count). The third kappa shape index (κ3) is 2.41. The molecule has 0 radical (unpaired) electrons. The highest BCUT2D eigenvalue weighted by Crippen LogP contribution is 2.33. The van der Waals surface area contributed by atoms with E-state index in [1.807, 2.05) is 5.10 Å². The van der Waals surface area contributed by atoms with Crippen LogP contribution in [-0.4, -0.2) is 10.2 Å². The van der Waals surface area contributed by atoms with Crippen LogP contribution in [0.2, 0.25) is 0 Å². The molecule has 0 aliphatic heterocycles. The number of aromatic amines is 1. The monoisotopic (exact) mass is 542 g/mol. The second-order valence-corrected chi connectivity index (χ2v) is 8.69. The van der Waals surface area contributed by atoms with Crippen LogP contribution < -0.4 is 0 Å². The lowest BCUT2D eigenvalue weighted by molar-refractivity contribution is 0.606. The van der Waals surface area contributed by atoms with Crippen molar-refractivity contribution < 1.29 is 18.4 Å². The average molecular weight is 542 g/mol. The van der Waals surface area contributed by atoms with E-state index in [2.05, 4.69) is 5.10 Å². The summed E-state index contributed by atoms with van der Waals surface area (Å²) in [7, 11) is 0. The second kappa shape index (κ2) is 4.81. The summed E-state index contributed by atoms with van der Waals surface area (Å²) in [5.74, 6) is 0. The molecule has 0 saturated carbocycles. The zero-order chi connectivity index (χ0) is 10.9. The van der Waals surface area contributed by atoms with Gasteiger partial charge >= 0.3 is 59.4 Å². The molecule has 1 heterocycles. The van der Waals surface area contributed by atoms with Gasteiger partial charge in [0, 0.05) is 0 Å². The van der Waals surface area contributed by atoms with Gasteiger partial charge in [0.2, 0.25) is 3.70 Å². The van der Waals surface area contributed by atoms with Crippen LogP contribution in [0.4, 0.5) is 0 Å². The highest BCUT2D eigenvalue weighted by molar-refractivity contribution is 14.2. The van der Waals surface area contributed by atoms with Gasteiger partial charge in [0.15, 0.2) is 7.27 Å². The van der Waals surface area contributed by atoms with E-state index in [9.17, 15) is 18.4 Å². The van der Waals surface area contributed by atoms with Crippen LogP contribution in [0.1, 0.15) is 0 Å². The molecule has 1 N–H and O–H groups in total. The Bertz CT molecular complexity index is 512. The van der Waals surface area contributed by atoms with Gasteiger partial charge in [-0.25, -0.2) is 18.4 Å². The van der Waals surface area contributed by atoms with Gasteiger partial charge in [0.1, 0.15) is 0 Å². The van der Waals surface area contributed by atoms with Crippen LogP contribution in [0.15, 0.2) is 0 Å². The molecule has 0 bridgehead atoms. The molecule has 0 aliphatic rings. The molecule has 0 amide bonds. The first-order valence-corrected chi connectivity index (χ1v) is 11.2. The highest BCUT2D eigenvalue weighted by atomic mass is 127. The fourth-order valence-electron chi connectivity index (χ4n) is 0.623. The van der Waals surface area contributed by atoms with Crippen molar-refractivity contribution in [2.45, 2.75) is 0 Å². The second-order valence-electron chi connectivity index (χ2n) is 1.79. The van der Waals surface area contributed by atoms with Crippen molar-refractivity contribution in [1.29, 1.82) is 0 Å². The predicted octanol–water partition coefficient (Wildman–Crippen LogP) is 1.51. The topological polar surface area (TPSA) is 131 Å². The van der Waals surface area contributed by atoms with E-state index < -0.39 is 70.4 Å². The highest BCUT2D eigenvalue weighted by Gasteiger charge is 2.24. The number of hydrogen-bond acceptors (Lipinski definition) is 7. The summed E-state index contributed by atoms with van der Waals surface area (Å²) in [6.45, 7) is 0. The molecule has 0 aromatic carbocycles. The van der Waals surface area contributed by atoms with Gasteiger partial charge in [-0.15, -0.1) is 0 Å². The standard InChI is InChI=1S/C3HI3N2O6/c9-4(10)1-2(5(11)12)7-8-3(1)6(13)14/h(H,7,8). The molecule has 14 heavy (non-hydrogen) atoms. The third-order valence-electron chi connectivity index (χ3n) is 1.08. The summed E-state index contributed by atoms with van der Waals surface area (Å²) in [4.78, 5) is 0. The Labute approximate surface area is 97.7 Å². The van der Waals surface area contributed by atoms with Crippen LogP contribution in [0.5, 0.6) is 0 Å². The zero-order valence-electron chi connectivity index (χ0n) is 6.03. The van der Waals surface area contributed by atoms with Gasteiger partial charge in [0.25, 0.3) is 0 Å². The molecular weight excluding hydrogens is 541 g/mol. The molecule has 1 aromatic rings. The number of hydrogen-bond donors (Lipinski definition) is 1. The molecule has 8 nitrogen and oxygen atoms in total. The lowest BCUT2D eigenvalue weighted by Gasteiger charge is -1.79. The maximum Gasteiger partial charge on any atom is 0.363 e. The predicted molar refractivity (Wildman–Crippen MR) is 60.9 cm³/mol. The Hall–Kier alpha value is 0.200. The molecule has 0 aliphatic carbocycles. The van der Waals surface area contributed by atoms with Crippen LogP contribution in [0.25, 0.3) is 0 Å². The fourth-order valence-corrected chi connectivity index (χ4v) is 8.53. The molecule has 0 spiro atoms. The average Bonchev–Trinajstić information content (AvgIpc) is 2.46. The lowest BCUT2D eigenvalue weighted by atomic mass is 10.8. The fraction of sp³-hybridized carbons (Fsp3) is 0. The maximum atomic E-state index is 10.7. The van der Waals surface area contributed by atoms with E-state index in [4.69, 9.17) is 0 Å². The first-order valence-electron chi connectivity index (χ1n) is 2.69. The van der Waals surface area contributed by atoms with Crippen LogP contribution in [-0.2, 0) is 18.4 Å². The number of nitrogens with one attached hydrogen (secondary N) is 1. The Morgan fingerprint density at radius 1 is 0.857 bits per heavy atom. The number of nitrogens with zero attached hydrogens (tertiary/aromatic N) is 1. The van der Waals surface area contributed by atoms with Crippen molar-refractivity contribution in [3.05, 3.63) is 11.0 Å². The Balaban J connectivity index is 3.67. The summed E-state index contributed by atoms with van der Waals surface area (Å²) in [6.07, 6.45) is 0. The number of H-pyrrole nitrogens is 1. The van der Waals surface area contributed by atoms with Gasteiger partial charge in [-0.05, 0) is 0 Å². The molecule has 0 atom stereocenters. The van der Waals surface area contributed by atoms with Crippen molar-refractivity contribution in [1.82, 2.24) is 10.2 Å². The van der Waals surface area contributed by atoms with Crippen LogP contribution >= 0.6 is 59.4 Å². The Morgan fingerprint density at radius 2 is 1.43 bits per heavy atom. The molecular formula is C3HI3N2O6. The summed E-state index contributed by atoms with van der Waals surface area (Å²) in [5.41, 5.74) is 0. The van der Waals surface area contributed by atoms with E-state index in [0.29, 0.717) is 0 Å². The van der Waals surface area contributed by atoms with Gasteiger partial charge in [0.05, 0.1) is 0 Å². The largest absolute Gasteiger partial charge is 0.363 e. The molecule has 0 unspecified atom stereocenters. The molecule has 0 fully saturated rings. The first-order chi connectivity index (χ1) is 6.45. The minimum Gasteiger partial charge on any atom is -0.265 e. The SMILES string of the molecule is O=I(=O)c1n[nH]c(I(=O)=O)c1I(=O)=O. The van der Waals surface area contributed by atoms with Gasteiger partial charge < -0.3 is 0 Å². The Morgan fingerprint density at radius 3 is 1.79 bits per heavy atom. The smallest absolute Gasteiger partial charge is 0.265 e. The third-order valence-corrected chi connectivity index (χ3v) is 8.35. The summed E-state index contributed by atoms with van der Waals surface area (Å²) < 4.78 is 61.8. The van der Waals surface area contributed by atoms with Gasteiger partial charge in [-0.3, -0.25) is 5.10 Å². The normalized spacial score (nSPS) is 11.6. The minimum atomic E-state index is -4.16. The maximum absolute atomic E-state index is 10.7. The summed E-state index contributed by atoms with van der Waals surface area (Å²) in [5, 5.41) is 5.07. The van der Waals surface area contributed by atoms with Gasteiger partial charge in [-0.2, -0.15) is 5.10 Å². The quantitative estimate of drug-likeness (QED) is 0.574. The number of halogens is 3. The zero-order valence-corrected chi connectivity index (χ0v) is 12.5. The minimum absolute atomic E-state index is 0.562. The van der Waals surface area contributed by atoms with Crippen molar-refractivity contribution >= 4 is 59.4 Å². The van der Waals surface area contributed by atoms with Crippen molar-refractivity contribution in [3.8, 4) is 0 Å². The van der Waals surface area contributed by atoms with E-state index in [-0.39, 0.29) is 0 Å². The number of rotatable bonds is 3. The van der Waals surface area contributed by atoms with Crippen LogP contribution in [0.3, 0.4) is 0 Å². The van der Waals surface area contributed by atoms with E-state index in [0.717, 1.165) is 0 Å². The van der Waals surface area contributed by atoms with Crippen molar-refractivity contribution in [3.63, 3.8) is 0 Å². The molecule has 1 aromatic heterocycles. The lowest BCUT2D eigenvalue weighted by Crippen LogP contribution is -1.79. The summed E-state index contributed by atoms with van der Waals surface area (Å²) >= 11 is -12.3. The molecule has 0 saturated heterocycles.